The van der Waals surface area contributed by atoms with Gasteiger partial charge in [-0.3, -0.25) is 0 Å². The standard InChI is InChI=1S/C15H17NO2/c1-3-4-5-9-16-11-13-10-12-7-6-8-14(17-2)15(12)18-13/h6-8,10,16H,5,9,11H2,1-2H3. The molecule has 3 heteroatoms. The third-order valence-electron chi connectivity index (χ3n) is 2.68. The molecule has 1 aromatic carbocycles. The molecule has 0 aliphatic carbocycles. The molecule has 0 saturated carbocycles. The summed E-state index contributed by atoms with van der Waals surface area (Å²) in [4.78, 5) is 0. The minimum absolute atomic E-state index is 0.712. The van der Waals surface area contributed by atoms with Crippen LogP contribution in [0.2, 0.25) is 0 Å². The smallest absolute Gasteiger partial charge is 0.176 e. The van der Waals surface area contributed by atoms with E-state index < -0.39 is 0 Å². The number of ether oxygens (including phenoxy) is 1. The fourth-order valence-corrected chi connectivity index (χ4v) is 1.83. The fraction of sp³-hybridized carbons (Fsp3) is 0.333. The van der Waals surface area contributed by atoms with E-state index in [1.165, 1.54) is 0 Å². The van der Waals surface area contributed by atoms with E-state index in [1.54, 1.807) is 7.11 Å². The van der Waals surface area contributed by atoms with Crippen molar-refractivity contribution in [1.29, 1.82) is 0 Å². The lowest BCUT2D eigenvalue weighted by Gasteiger charge is -1.99. The van der Waals surface area contributed by atoms with E-state index in [4.69, 9.17) is 9.15 Å². The first-order chi connectivity index (χ1) is 8.85. The molecule has 94 valence electrons. The summed E-state index contributed by atoms with van der Waals surface area (Å²) in [7, 11) is 1.65. The number of furan rings is 1. The van der Waals surface area contributed by atoms with Crippen molar-refractivity contribution in [2.75, 3.05) is 13.7 Å². The van der Waals surface area contributed by atoms with Crippen LogP contribution in [0.25, 0.3) is 11.0 Å². The minimum atomic E-state index is 0.712. The molecule has 2 aromatic rings. The Morgan fingerprint density at radius 1 is 1.39 bits per heavy atom. The van der Waals surface area contributed by atoms with Gasteiger partial charge in [0.15, 0.2) is 11.3 Å². The van der Waals surface area contributed by atoms with Gasteiger partial charge in [-0.15, -0.1) is 11.8 Å². The summed E-state index contributed by atoms with van der Waals surface area (Å²) in [6.45, 7) is 3.43. The molecule has 0 unspecified atom stereocenters. The zero-order valence-corrected chi connectivity index (χ0v) is 10.7. The zero-order valence-electron chi connectivity index (χ0n) is 10.7. The van der Waals surface area contributed by atoms with Gasteiger partial charge >= 0.3 is 0 Å². The summed E-state index contributed by atoms with van der Waals surface area (Å²) in [5.74, 6) is 7.58. The second kappa shape index (κ2) is 6.13. The van der Waals surface area contributed by atoms with Gasteiger partial charge in [0.2, 0.25) is 0 Å². The molecular formula is C15H17NO2. The van der Waals surface area contributed by atoms with Gasteiger partial charge in [-0.25, -0.2) is 0 Å². The van der Waals surface area contributed by atoms with Crippen molar-refractivity contribution in [3.05, 3.63) is 30.0 Å². The van der Waals surface area contributed by atoms with Crippen LogP contribution in [-0.2, 0) is 6.54 Å². The van der Waals surface area contributed by atoms with Crippen LogP contribution in [-0.4, -0.2) is 13.7 Å². The Kier molecular flexibility index (Phi) is 4.27. The normalized spacial score (nSPS) is 10.1. The molecule has 0 amide bonds. The quantitative estimate of drug-likeness (QED) is 0.647. The highest BCUT2D eigenvalue weighted by molar-refractivity contribution is 5.83. The van der Waals surface area contributed by atoms with Crippen molar-refractivity contribution in [2.24, 2.45) is 0 Å². The number of benzene rings is 1. The topological polar surface area (TPSA) is 34.4 Å². The molecule has 1 aromatic heterocycles. The summed E-state index contributed by atoms with van der Waals surface area (Å²) in [6.07, 6.45) is 0.861. The number of nitrogens with one attached hydrogen (secondary N) is 1. The molecule has 0 atom stereocenters. The maximum atomic E-state index is 5.77. The number of para-hydroxylation sites is 1. The van der Waals surface area contributed by atoms with E-state index in [0.29, 0.717) is 6.54 Å². The van der Waals surface area contributed by atoms with E-state index in [1.807, 2.05) is 31.2 Å². The second-order valence-electron chi connectivity index (χ2n) is 3.94. The number of hydrogen-bond acceptors (Lipinski definition) is 3. The zero-order chi connectivity index (χ0) is 12.8. The van der Waals surface area contributed by atoms with Crippen molar-refractivity contribution in [1.82, 2.24) is 5.32 Å². The van der Waals surface area contributed by atoms with Crippen LogP contribution >= 0.6 is 0 Å². The second-order valence-corrected chi connectivity index (χ2v) is 3.94. The van der Waals surface area contributed by atoms with E-state index in [-0.39, 0.29) is 0 Å². The molecule has 0 bridgehead atoms. The molecule has 0 fully saturated rings. The monoisotopic (exact) mass is 243 g/mol. The first-order valence-corrected chi connectivity index (χ1v) is 6.01. The Hall–Kier alpha value is -1.92. The van der Waals surface area contributed by atoms with Gasteiger partial charge < -0.3 is 14.5 Å². The summed E-state index contributed by atoms with van der Waals surface area (Å²) in [5, 5.41) is 4.37. The van der Waals surface area contributed by atoms with Crippen LogP contribution in [0.1, 0.15) is 19.1 Å². The Bertz CT molecular complexity index is 575. The Labute approximate surface area is 107 Å². The molecule has 18 heavy (non-hydrogen) atoms. The van der Waals surface area contributed by atoms with Crippen LogP contribution in [0.3, 0.4) is 0 Å². The summed E-state index contributed by atoms with van der Waals surface area (Å²) in [6, 6.07) is 7.92. The molecular weight excluding hydrogens is 226 g/mol. The highest BCUT2D eigenvalue weighted by Crippen LogP contribution is 2.28. The van der Waals surface area contributed by atoms with Gasteiger partial charge in [0, 0.05) is 18.4 Å². The van der Waals surface area contributed by atoms with Crippen LogP contribution in [0.15, 0.2) is 28.7 Å². The minimum Gasteiger partial charge on any atom is -0.493 e. The number of fused-ring (bicyclic) bond motifs is 1. The predicted octanol–water partition coefficient (Wildman–Crippen LogP) is 2.94. The number of methoxy groups -OCH3 is 1. The van der Waals surface area contributed by atoms with Crippen LogP contribution < -0.4 is 10.1 Å². The molecule has 2 rings (SSSR count). The van der Waals surface area contributed by atoms with Gasteiger partial charge in [0.1, 0.15) is 5.76 Å². The van der Waals surface area contributed by atoms with Crippen molar-refractivity contribution in [3.63, 3.8) is 0 Å². The van der Waals surface area contributed by atoms with Crippen molar-refractivity contribution < 1.29 is 9.15 Å². The molecule has 1 heterocycles. The first kappa shape index (κ1) is 12.5. The predicted molar refractivity (Wildman–Crippen MR) is 72.5 cm³/mol. The average molecular weight is 243 g/mol. The van der Waals surface area contributed by atoms with Gasteiger partial charge in [-0.05, 0) is 19.1 Å². The van der Waals surface area contributed by atoms with E-state index in [0.717, 1.165) is 35.4 Å². The van der Waals surface area contributed by atoms with E-state index in [2.05, 4.69) is 17.2 Å². The lowest BCUT2D eigenvalue weighted by molar-refractivity contribution is 0.406. The molecule has 1 N–H and O–H groups in total. The highest BCUT2D eigenvalue weighted by atomic mass is 16.5. The van der Waals surface area contributed by atoms with Crippen molar-refractivity contribution in [2.45, 2.75) is 19.9 Å². The lowest BCUT2D eigenvalue weighted by Crippen LogP contribution is -2.13. The largest absolute Gasteiger partial charge is 0.493 e. The van der Waals surface area contributed by atoms with Gasteiger partial charge in [0.05, 0.1) is 13.7 Å². The van der Waals surface area contributed by atoms with Gasteiger partial charge in [-0.2, -0.15) is 0 Å². The SMILES string of the molecule is CC#CCCNCc1cc2cccc(OC)c2o1. The molecule has 0 saturated heterocycles. The van der Waals surface area contributed by atoms with Crippen LogP contribution in [0, 0.1) is 11.8 Å². The van der Waals surface area contributed by atoms with Crippen molar-refractivity contribution >= 4 is 11.0 Å². The summed E-state index contributed by atoms with van der Waals surface area (Å²) in [5.41, 5.74) is 0.810. The summed E-state index contributed by atoms with van der Waals surface area (Å²) < 4.78 is 11.0. The maximum absolute atomic E-state index is 5.77. The summed E-state index contributed by atoms with van der Waals surface area (Å²) >= 11 is 0. The molecule has 0 aliphatic heterocycles. The molecule has 3 nitrogen and oxygen atoms in total. The molecule has 0 radical (unpaired) electrons. The van der Waals surface area contributed by atoms with E-state index >= 15 is 0 Å². The van der Waals surface area contributed by atoms with Crippen LogP contribution in [0.5, 0.6) is 5.75 Å². The lowest BCUT2D eigenvalue weighted by atomic mass is 10.2. The Balaban J connectivity index is 2.03. The molecule has 0 aliphatic rings. The van der Waals surface area contributed by atoms with Crippen molar-refractivity contribution in [3.8, 4) is 17.6 Å². The third kappa shape index (κ3) is 2.85. The Morgan fingerprint density at radius 3 is 3.06 bits per heavy atom. The van der Waals surface area contributed by atoms with Gasteiger partial charge in [0.25, 0.3) is 0 Å². The maximum Gasteiger partial charge on any atom is 0.176 e. The van der Waals surface area contributed by atoms with Gasteiger partial charge in [-0.1, -0.05) is 12.1 Å². The molecule has 0 spiro atoms. The third-order valence-corrected chi connectivity index (χ3v) is 2.68. The Morgan fingerprint density at radius 2 is 2.28 bits per heavy atom. The highest BCUT2D eigenvalue weighted by Gasteiger charge is 2.07. The number of hydrogen-bond donors (Lipinski definition) is 1. The first-order valence-electron chi connectivity index (χ1n) is 6.01. The van der Waals surface area contributed by atoms with E-state index in [9.17, 15) is 0 Å². The fourth-order valence-electron chi connectivity index (χ4n) is 1.83. The average Bonchev–Trinajstić information content (AvgIpc) is 2.81. The van der Waals surface area contributed by atoms with Crippen LogP contribution in [0.4, 0.5) is 0 Å². The number of rotatable bonds is 5.